The highest BCUT2D eigenvalue weighted by molar-refractivity contribution is 5.82. The van der Waals surface area contributed by atoms with Gasteiger partial charge in [-0.1, -0.05) is 42.5 Å². The Morgan fingerprint density at radius 3 is 2.81 bits per heavy atom. The predicted octanol–water partition coefficient (Wildman–Crippen LogP) is 4.60. The quantitative estimate of drug-likeness (QED) is 0.489. The smallest absolute Gasteiger partial charge is 0.120 e. The number of β-amino-alcohol motifs (C(OH)–C–C–N with tert-alkyl or cyclic N) is 1. The molecule has 5 rings (SSSR count). The summed E-state index contributed by atoms with van der Waals surface area (Å²) in [4.78, 5) is 6.73. The Morgan fingerprint density at radius 1 is 1.06 bits per heavy atom. The maximum Gasteiger partial charge on any atom is 0.120 e. The van der Waals surface area contributed by atoms with Gasteiger partial charge < -0.3 is 14.4 Å². The number of ether oxygens (including phenoxy) is 1. The van der Waals surface area contributed by atoms with E-state index in [-0.39, 0.29) is 6.61 Å². The lowest BCUT2D eigenvalue weighted by atomic mass is 9.93. The molecule has 1 aliphatic heterocycles. The molecule has 32 heavy (non-hydrogen) atoms. The number of aryl methyl sites for hydroxylation is 1. The van der Waals surface area contributed by atoms with E-state index in [1.807, 2.05) is 42.2 Å². The van der Waals surface area contributed by atoms with Crippen molar-refractivity contribution >= 4 is 11.0 Å². The van der Waals surface area contributed by atoms with Crippen molar-refractivity contribution < 1.29 is 9.84 Å². The van der Waals surface area contributed by atoms with Crippen molar-refractivity contribution in [3.63, 3.8) is 0 Å². The molecule has 0 amide bonds. The van der Waals surface area contributed by atoms with E-state index in [9.17, 15) is 5.11 Å². The average molecular weight is 428 g/mol. The number of hydrogen-bond acceptors (Lipinski definition) is 4. The summed E-state index contributed by atoms with van der Waals surface area (Å²) in [5.74, 6) is 0.767. The normalized spacial score (nSPS) is 17.3. The monoisotopic (exact) mass is 427 g/mol. The number of rotatable bonds is 6. The predicted molar refractivity (Wildman–Crippen MR) is 128 cm³/mol. The lowest BCUT2D eigenvalue weighted by Crippen LogP contribution is -2.41. The van der Waals surface area contributed by atoms with Crippen LogP contribution in [0.2, 0.25) is 0 Å². The van der Waals surface area contributed by atoms with Gasteiger partial charge in [-0.2, -0.15) is 0 Å². The van der Waals surface area contributed by atoms with Gasteiger partial charge in [0.2, 0.25) is 0 Å². The fourth-order valence-corrected chi connectivity index (χ4v) is 4.66. The molecule has 2 atom stereocenters. The van der Waals surface area contributed by atoms with Gasteiger partial charge in [0.05, 0.1) is 17.4 Å². The largest absolute Gasteiger partial charge is 0.491 e. The molecule has 0 saturated heterocycles. The molecule has 5 nitrogen and oxygen atoms in total. The van der Waals surface area contributed by atoms with E-state index in [4.69, 9.17) is 4.74 Å². The van der Waals surface area contributed by atoms with E-state index < -0.39 is 6.10 Å². The highest BCUT2D eigenvalue weighted by Crippen LogP contribution is 2.30. The number of fused-ring (bicyclic) bond motifs is 2. The van der Waals surface area contributed by atoms with Gasteiger partial charge in [0, 0.05) is 26.2 Å². The van der Waals surface area contributed by atoms with Gasteiger partial charge in [0.15, 0.2) is 0 Å². The molecule has 164 valence electrons. The molecule has 0 radical (unpaired) electrons. The van der Waals surface area contributed by atoms with Crippen LogP contribution >= 0.6 is 0 Å². The summed E-state index contributed by atoms with van der Waals surface area (Å²) < 4.78 is 8.00. The molecule has 0 spiro atoms. The molecule has 4 aromatic rings. The number of nitrogens with zero attached hydrogens (tertiary/aromatic N) is 3. The number of benzene rings is 3. The molecular weight excluding hydrogens is 398 g/mol. The fraction of sp³-hybridized carbons (Fsp3) is 0.296. The van der Waals surface area contributed by atoms with E-state index in [0.717, 1.165) is 40.9 Å². The second-order valence-electron chi connectivity index (χ2n) is 8.67. The molecule has 0 bridgehead atoms. The summed E-state index contributed by atoms with van der Waals surface area (Å²) in [5, 5.41) is 10.7. The highest BCUT2D eigenvalue weighted by Gasteiger charge is 2.25. The number of aromatic nitrogens is 2. The van der Waals surface area contributed by atoms with Crippen molar-refractivity contribution in [3.8, 4) is 16.9 Å². The second kappa shape index (κ2) is 8.77. The van der Waals surface area contributed by atoms with Crippen LogP contribution in [-0.4, -0.2) is 45.4 Å². The van der Waals surface area contributed by atoms with Crippen LogP contribution in [0.4, 0.5) is 0 Å². The minimum atomic E-state index is -0.544. The minimum absolute atomic E-state index is 0.273. The molecule has 1 aromatic heterocycles. The first-order valence-electron chi connectivity index (χ1n) is 11.2. The minimum Gasteiger partial charge on any atom is -0.491 e. The Kier molecular flexibility index (Phi) is 5.68. The summed E-state index contributed by atoms with van der Waals surface area (Å²) in [5.41, 5.74) is 7.07. The zero-order valence-electron chi connectivity index (χ0n) is 18.6. The van der Waals surface area contributed by atoms with Crippen LogP contribution in [0.5, 0.6) is 5.75 Å². The first-order valence-corrected chi connectivity index (χ1v) is 11.2. The van der Waals surface area contributed by atoms with Crippen molar-refractivity contribution in [1.29, 1.82) is 0 Å². The molecular formula is C27H29N3O2. The molecule has 0 aliphatic carbocycles. The maximum absolute atomic E-state index is 10.7. The third-order valence-electron chi connectivity index (χ3n) is 6.50. The van der Waals surface area contributed by atoms with Gasteiger partial charge in [-0.15, -0.1) is 0 Å². The molecule has 3 aromatic carbocycles. The topological polar surface area (TPSA) is 50.5 Å². The lowest BCUT2D eigenvalue weighted by molar-refractivity contribution is 0.0518. The summed E-state index contributed by atoms with van der Waals surface area (Å²) in [6.07, 6.45) is 2.31. The fourth-order valence-electron chi connectivity index (χ4n) is 4.66. The summed E-state index contributed by atoms with van der Waals surface area (Å²) in [6, 6.07) is 23.2. The van der Waals surface area contributed by atoms with Gasteiger partial charge in [-0.3, -0.25) is 4.90 Å². The van der Waals surface area contributed by atoms with Gasteiger partial charge in [-0.25, -0.2) is 4.98 Å². The molecule has 2 unspecified atom stereocenters. The summed E-state index contributed by atoms with van der Waals surface area (Å²) >= 11 is 0. The summed E-state index contributed by atoms with van der Waals surface area (Å²) in [7, 11) is 2.00. The summed E-state index contributed by atoms with van der Waals surface area (Å²) in [6.45, 7) is 4.05. The molecule has 1 N–H and O–H groups in total. The molecule has 1 aliphatic rings. The SMILES string of the molecule is CC1c2ccccc2CCN1CC(O)COc1cccc(-c2ccc3ncn(C)c3c2)c1. The van der Waals surface area contributed by atoms with Gasteiger partial charge in [-0.05, 0) is 59.9 Å². The average Bonchev–Trinajstić information content (AvgIpc) is 3.20. The van der Waals surface area contributed by atoms with E-state index in [2.05, 4.69) is 59.3 Å². The van der Waals surface area contributed by atoms with Crippen LogP contribution in [0.3, 0.4) is 0 Å². The standard InChI is InChI=1S/C27H29N3O2/c1-19-25-9-4-3-6-20(25)12-13-30(19)16-23(31)17-32-24-8-5-7-21(14-24)22-10-11-26-27(15-22)29(2)18-28-26/h3-11,14-15,18-19,23,31H,12-13,16-17H2,1-2H3. The van der Waals surface area contributed by atoms with Crippen LogP contribution in [0, 0.1) is 0 Å². The van der Waals surface area contributed by atoms with Crippen molar-refractivity contribution in [1.82, 2.24) is 14.5 Å². The molecule has 5 heteroatoms. The third kappa shape index (κ3) is 4.14. The number of aliphatic hydroxyl groups excluding tert-OH is 1. The zero-order chi connectivity index (χ0) is 22.1. The second-order valence-corrected chi connectivity index (χ2v) is 8.67. The van der Waals surface area contributed by atoms with Crippen molar-refractivity contribution in [2.75, 3.05) is 19.7 Å². The molecule has 2 heterocycles. The Balaban J connectivity index is 1.23. The Bertz CT molecular complexity index is 1230. The Labute approximate surface area is 188 Å². The van der Waals surface area contributed by atoms with E-state index in [0.29, 0.717) is 12.6 Å². The van der Waals surface area contributed by atoms with Crippen LogP contribution in [0.25, 0.3) is 22.2 Å². The van der Waals surface area contributed by atoms with E-state index in [1.54, 1.807) is 0 Å². The van der Waals surface area contributed by atoms with Crippen molar-refractivity contribution in [2.24, 2.45) is 7.05 Å². The Hall–Kier alpha value is -3.15. The van der Waals surface area contributed by atoms with Gasteiger partial charge >= 0.3 is 0 Å². The van der Waals surface area contributed by atoms with Crippen LogP contribution in [0.1, 0.15) is 24.1 Å². The number of aliphatic hydroxyl groups is 1. The third-order valence-corrected chi connectivity index (χ3v) is 6.50. The van der Waals surface area contributed by atoms with Crippen molar-refractivity contribution in [2.45, 2.75) is 25.5 Å². The lowest BCUT2D eigenvalue weighted by Gasteiger charge is -2.36. The van der Waals surface area contributed by atoms with Gasteiger partial charge in [0.25, 0.3) is 0 Å². The first kappa shape index (κ1) is 20.7. The van der Waals surface area contributed by atoms with Crippen LogP contribution in [-0.2, 0) is 13.5 Å². The van der Waals surface area contributed by atoms with Crippen LogP contribution in [0.15, 0.2) is 73.1 Å². The van der Waals surface area contributed by atoms with Crippen molar-refractivity contribution in [3.05, 3.63) is 84.2 Å². The Morgan fingerprint density at radius 2 is 1.91 bits per heavy atom. The van der Waals surface area contributed by atoms with E-state index in [1.165, 1.54) is 11.1 Å². The molecule has 0 fully saturated rings. The number of imidazole rings is 1. The molecule has 0 saturated carbocycles. The first-order chi connectivity index (χ1) is 15.6. The number of hydrogen-bond donors (Lipinski definition) is 1. The van der Waals surface area contributed by atoms with E-state index >= 15 is 0 Å². The zero-order valence-corrected chi connectivity index (χ0v) is 18.6. The highest BCUT2D eigenvalue weighted by atomic mass is 16.5. The van der Waals surface area contributed by atoms with Crippen LogP contribution < -0.4 is 4.74 Å². The van der Waals surface area contributed by atoms with Gasteiger partial charge in [0.1, 0.15) is 18.5 Å². The maximum atomic E-state index is 10.7.